The maximum Gasteiger partial charge on any atom is 0.355 e. The zero-order valence-electron chi connectivity index (χ0n) is 9.05. The molecular formula is C12H7FN2O2S. The summed E-state index contributed by atoms with van der Waals surface area (Å²) in [6.07, 6.45) is 0.000491. The third-order valence-electron chi connectivity index (χ3n) is 2.23. The summed E-state index contributed by atoms with van der Waals surface area (Å²) in [6.45, 7) is 0. The number of carboxylic acid groups (broad SMARTS) is 1. The fraction of sp³-hybridized carbons (Fsp3) is 0.0833. The van der Waals surface area contributed by atoms with Gasteiger partial charge in [0.2, 0.25) is 0 Å². The normalized spacial score (nSPS) is 10.0. The minimum Gasteiger partial charge on any atom is -0.476 e. The van der Waals surface area contributed by atoms with Gasteiger partial charge in [-0.25, -0.2) is 14.2 Å². The second-order valence-electron chi connectivity index (χ2n) is 3.44. The lowest BCUT2D eigenvalue weighted by molar-refractivity contribution is 0.0690. The van der Waals surface area contributed by atoms with Crippen LogP contribution in [0.5, 0.6) is 0 Å². The Morgan fingerprint density at radius 2 is 2.11 bits per heavy atom. The molecular weight excluding hydrogens is 255 g/mol. The van der Waals surface area contributed by atoms with Gasteiger partial charge in [0.1, 0.15) is 10.8 Å². The van der Waals surface area contributed by atoms with Gasteiger partial charge in [0, 0.05) is 5.56 Å². The van der Waals surface area contributed by atoms with Gasteiger partial charge in [0.25, 0.3) is 0 Å². The number of carbonyl (C=O) groups is 1. The summed E-state index contributed by atoms with van der Waals surface area (Å²) in [5.41, 5.74) is 0.522. The van der Waals surface area contributed by atoms with E-state index in [-0.39, 0.29) is 17.9 Å². The first-order valence-corrected chi connectivity index (χ1v) is 5.79. The Morgan fingerprint density at radius 3 is 2.67 bits per heavy atom. The van der Waals surface area contributed by atoms with Crippen molar-refractivity contribution in [1.29, 1.82) is 5.26 Å². The minimum atomic E-state index is -1.16. The molecule has 1 aromatic heterocycles. The minimum absolute atomic E-state index is 0.000491. The van der Waals surface area contributed by atoms with Crippen molar-refractivity contribution in [1.82, 2.24) is 4.98 Å². The molecule has 0 bridgehead atoms. The topological polar surface area (TPSA) is 74.0 Å². The molecule has 0 amide bonds. The van der Waals surface area contributed by atoms with Crippen molar-refractivity contribution in [3.63, 3.8) is 0 Å². The summed E-state index contributed by atoms with van der Waals surface area (Å²) in [6, 6.07) is 7.51. The second-order valence-corrected chi connectivity index (χ2v) is 4.52. The molecule has 0 fully saturated rings. The fourth-order valence-electron chi connectivity index (χ4n) is 1.43. The third kappa shape index (κ3) is 2.36. The van der Waals surface area contributed by atoms with E-state index in [9.17, 15) is 9.18 Å². The average Bonchev–Trinajstić information content (AvgIpc) is 2.75. The highest BCUT2D eigenvalue weighted by atomic mass is 32.1. The first-order valence-electron chi connectivity index (χ1n) is 4.97. The Kier molecular flexibility index (Phi) is 3.35. The molecule has 18 heavy (non-hydrogen) atoms. The van der Waals surface area contributed by atoms with Gasteiger partial charge in [-0.2, -0.15) is 5.26 Å². The van der Waals surface area contributed by atoms with Crippen LogP contribution in [0.15, 0.2) is 24.3 Å². The van der Waals surface area contributed by atoms with Crippen molar-refractivity contribution in [2.45, 2.75) is 6.42 Å². The molecule has 1 N–H and O–H groups in total. The Balaban J connectivity index is 2.46. The van der Waals surface area contributed by atoms with Gasteiger partial charge in [-0.3, -0.25) is 0 Å². The highest BCUT2D eigenvalue weighted by Crippen LogP contribution is 2.28. The number of halogens is 1. The number of rotatable bonds is 3. The Morgan fingerprint density at radius 1 is 1.44 bits per heavy atom. The van der Waals surface area contributed by atoms with Crippen LogP contribution < -0.4 is 0 Å². The number of hydrogen-bond acceptors (Lipinski definition) is 4. The number of aromatic carboxylic acids is 1. The molecule has 1 heterocycles. The monoisotopic (exact) mass is 262 g/mol. The lowest BCUT2D eigenvalue weighted by atomic mass is 10.2. The second kappa shape index (κ2) is 4.94. The van der Waals surface area contributed by atoms with Crippen molar-refractivity contribution >= 4 is 17.3 Å². The molecule has 2 rings (SSSR count). The van der Waals surface area contributed by atoms with Crippen LogP contribution in [-0.4, -0.2) is 16.1 Å². The van der Waals surface area contributed by atoms with Crippen LogP contribution in [0.25, 0.3) is 10.6 Å². The Hall–Kier alpha value is -2.26. The molecule has 0 aliphatic heterocycles. The van der Waals surface area contributed by atoms with Crippen LogP contribution in [0.4, 0.5) is 4.39 Å². The summed E-state index contributed by atoms with van der Waals surface area (Å²) in [4.78, 5) is 15.4. The van der Waals surface area contributed by atoms with E-state index in [4.69, 9.17) is 10.4 Å². The smallest absolute Gasteiger partial charge is 0.355 e. The number of benzene rings is 1. The van der Waals surface area contributed by atoms with E-state index in [2.05, 4.69) is 4.98 Å². The molecule has 0 aliphatic rings. The lowest BCUT2D eigenvalue weighted by Crippen LogP contribution is -2.00. The summed E-state index contributed by atoms with van der Waals surface area (Å²) in [5, 5.41) is 18.1. The predicted molar refractivity (Wildman–Crippen MR) is 63.8 cm³/mol. The maximum absolute atomic E-state index is 12.8. The first-order chi connectivity index (χ1) is 8.61. The molecule has 2 aromatic rings. The largest absolute Gasteiger partial charge is 0.476 e. The van der Waals surface area contributed by atoms with Crippen molar-refractivity contribution < 1.29 is 14.3 Å². The Labute approximate surface area is 106 Å². The van der Waals surface area contributed by atoms with Gasteiger partial charge in [-0.1, -0.05) is 0 Å². The van der Waals surface area contributed by atoms with Crippen LogP contribution in [0, 0.1) is 17.1 Å². The molecule has 4 nitrogen and oxygen atoms in total. The molecule has 0 aliphatic carbocycles. The molecule has 0 saturated carbocycles. The van der Waals surface area contributed by atoms with E-state index in [0.717, 1.165) is 11.3 Å². The van der Waals surface area contributed by atoms with E-state index in [1.54, 1.807) is 0 Å². The van der Waals surface area contributed by atoms with Crippen molar-refractivity contribution in [2.24, 2.45) is 0 Å². The van der Waals surface area contributed by atoms with Crippen molar-refractivity contribution in [3.05, 3.63) is 40.7 Å². The van der Waals surface area contributed by atoms with E-state index < -0.39 is 5.97 Å². The molecule has 0 atom stereocenters. The summed E-state index contributed by atoms with van der Waals surface area (Å²) < 4.78 is 12.8. The van der Waals surface area contributed by atoms with Crippen molar-refractivity contribution in [2.75, 3.05) is 0 Å². The first kappa shape index (κ1) is 12.2. The third-order valence-corrected chi connectivity index (χ3v) is 3.34. The number of carboxylic acids is 1. The SMILES string of the molecule is N#CCc1sc(-c2ccc(F)cc2)nc1C(=O)O. The summed E-state index contributed by atoms with van der Waals surface area (Å²) in [5.74, 6) is -1.53. The van der Waals surface area contributed by atoms with Gasteiger partial charge in [0.15, 0.2) is 5.69 Å². The summed E-state index contributed by atoms with van der Waals surface area (Å²) >= 11 is 1.13. The predicted octanol–water partition coefficient (Wildman–Crippen LogP) is 2.71. The van der Waals surface area contributed by atoms with Crippen LogP contribution in [0.3, 0.4) is 0 Å². The van der Waals surface area contributed by atoms with E-state index >= 15 is 0 Å². The molecule has 0 saturated heterocycles. The van der Waals surface area contributed by atoms with Gasteiger partial charge < -0.3 is 5.11 Å². The lowest BCUT2D eigenvalue weighted by Gasteiger charge is -1.94. The highest BCUT2D eigenvalue weighted by molar-refractivity contribution is 7.15. The quantitative estimate of drug-likeness (QED) is 0.922. The number of thiazole rings is 1. The molecule has 0 radical (unpaired) electrons. The van der Waals surface area contributed by atoms with Gasteiger partial charge in [0.05, 0.1) is 17.4 Å². The number of nitriles is 1. The summed E-state index contributed by atoms with van der Waals surface area (Å²) in [7, 11) is 0. The molecule has 1 aromatic carbocycles. The molecule has 90 valence electrons. The highest BCUT2D eigenvalue weighted by Gasteiger charge is 2.17. The van der Waals surface area contributed by atoms with Gasteiger partial charge >= 0.3 is 5.97 Å². The van der Waals surface area contributed by atoms with Gasteiger partial charge in [-0.15, -0.1) is 11.3 Å². The molecule has 0 unspecified atom stereocenters. The maximum atomic E-state index is 12.8. The van der Waals surface area contributed by atoms with Crippen LogP contribution in [0.2, 0.25) is 0 Å². The zero-order valence-corrected chi connectivity index (χ0v) is 9.87. The van der Waals surface area contributed by atoms with E-state index in [0.29, 0.717) is 15.4 Å². The fourth-order valence-corrected chi connectivity index (χ4v) is 2.42. The van der Waals surface area contributed by atoms with Crippen molar-refractivity contribution in [3.8, 4) is 16.6 Å². The van der Waals surface area contributed by atoms with Crippen LogP contribution in [0.1, 0.15) is 15.4 Å². The molecule has 6 heteroatoms. The average molecular weight is 262 g/mol. The van der Waals surface area contributed by atoms with E-state index in [1.165, 1.54) is 24.3 Å². The Bertz CT molecular complexity index is 629. The van der Waals surface area contributed by atoms with Crippen LogP contribution >= 0.6 is 11.3 Å². The van der Waals surface area contributed by atoms with E-state index in [1.807, 2.05) is 6.07 Å². The molecule has 0 spiro atoms. The number of aromatic nitrogens is 1. The van der Waals surface area contributed by atoms with Crippen LogP contribution in [-0.2, 0) is 6.42 Å². The number of nitrogens with zero attached hydrogens (tertiary/aromatic N) is 2. The number of hydrogen-bond donors (Lipinski definition) is 1. The standard InChI is InChI=1S/C12H7FN2O2S/c13-8-3-1-7(2-4-8)11-15-10(12(16)17)9(18-11)5-6-14/h1-4H,5H2,(H,16,17). The zero-order chi connectivity index (χ0) is 13.1. The van der Waals surface area contributed by atoms with Gasteiger partial charge in [-0.05, 0) is 24.3 Å².